The lowest BCUT2D eigenvalue weighted by molar-refractivity contribution is -0.138. The minimum absolute atomic E-state index is 0.224. The summed E-state index contributed by atoms with van der Waals surface area (Å²) in [6.07, 6.45) is 4.13. The molecule has 140 valence electrons. The zero-order valence-corrected chi connectivity index (χ0v) is 16.9. The molecule has 0 spiro atoms. The quantitative estimate of drug-likeness (QED) is 0.600. The maximum Gasteiger partial charge on any atom is 0.230 e. The predicted octanol–water partition coefficient (Wildman–Crippen LogP) is 2.46. The predicted molar refractivity (Wildman–Crippen MR) is 104 cm³/mol. The largest absolute Gasteiger partial charge is 0.357 e. The van der Waals surface area contributed by atoms with E-state index in [0.717, 1.165) is 48.9 Å². The van der Waals surface area contributed by atoms with Gasteiger partial charge >= 0.3 is 0 Å². The maximum atomic E-state index is 12.7. The number of hydrogen-bond donors (Lipinski definition) is 2. The summed E-state index contributed by atoms with van der Waals surface area (Å²) in [6, 6.07) is 0. The van der Waals surface area contributed by atoms with Crippen LogP contribution in [0.15, 0.2) is 4.99 Å². The van der Waals surface area contributed by atoms with Crippen molar-refractivity contribution in [1.29, 1.82) is 0 Å². The van der Waals surface area contributed by atoms with E-state index >= 15 is 0 Å². The Hall–Kier alpha value is -1.63. The topological polar surface area (TPSA) is 69.6 Å². The molecule has 0 radical (unpaired) electrons. The highest BCUT2D eigenvalue weighted by Gasteiger charge is 2.42. The van der Waals surface area contributed by atoms with Crippen molar-refractivity contribution < 1.29 is 4.79 Å². The Morgan fingerprint density at radius 3 is 2.48 bits per heavy atom. The molecule has 1 saturated carbocycles. The van der Waals surface area contributed by atoms with Gasteiger partial charge in [-0.3, -0.25) is 4.79 Å². The van der Waals surface area contributed by atoms with Crippen LogP contribution in [0.3, 0.4) is 0 Å². The van der Waals surface area contributed by atoms with Gasteiger partial charge in [-0.1, -0.05) is 12.8 Å². The molecule has 2 rings (SSSR count). The van der Waals surface area contributed by atoms with Crippen LogP contribution < -0.4 is 10.6 Å². The average Bonchev–Trinajstić information content (AvgIpc) is 3.16. The summed E-state index contributed by atoms with van der Waals surface area (Å²) in [6.45, 7) is 8.14. The van der Waals surface area contributed by atoms with E-state index < -0.39 is 0 Å². The zero-order chi connectivity index (χ0) is 18.4. The second-order valence-corrected chi connectivity index (χ2v) is 8.26. The smallest absolute Gasteiger partial charge is 0.230 e. The molecular formula is C18H31N5OS. The number of hydrogen-bond acceptors (Lipinski definition) is 4. The third kappa shape index (κ3) is 4.93. The van der Waals surface area contributed by atoms with E-state index in [-0.39, 0.29) is 11.3 Å². The van der Waals surface area contributed by atoms with Gasteiger partial charge in [-0.25, -0.2) is 9.98 Å². The highest BCUT2D eigenvalue weighted by Crippen LogP contribution is 2.38. The van der Waals surface area contributed by atoms with E-state index in [9.17, 15) is 4.79 Å². The van der Waals surface area contributed by atoms with Crippen LogP contribution in [-0.2, 0) is 11.3 Å². The second kappa shape index (κ2) is 8.65. The van der Waals surface area contributed by atoms with Crippen molar-refractivity contribution in [1.82, 2.24) is 20.5 Å². The van der Waals surface area contributed by atoms with Crippen LogP contribution in [0, 0.1) is 19.3 Å². The first-order chi connectivity index (χ1) is 11.9. The summed E-state index contributed by atoms with van der Waals surface area (Å²) in [4.78, 5) is 24.7. The zero-order valence-electron chi connectivity index (χ0n) is 16.1. The summed E-state index contributed by atoms with van der Waals surface area (Å²) < 4.78 is 0. The molecule has 0 aliphatic heterocycles. The Morgan fingerprint density at radius 2 is 1.96 bits per heavy atom. The molecule has 6 nitrogen and oxygen atoms in total. The van der Waals surface area contributed by atoms with Gasteiger partial charge in [-0.15, -0.1) is 11.3 Å². The first-order valence-corrected chi connectivity index (χ1v) is 9.86. The van der Waals surface area contributed by atoms with Crippen molar-refractivity contribution in [3.05, 3.63) is 15.6 Å². The summed E-state index contributed by atoms with van der Waals surface area (Å²) in [5, 5.41) is 7.77. The summed E-state index contributed by atoms with van der Waals surface area (Å²) in [5.41, 5.74) is 0.758. The van der Waals surface area contributed by atoms with Crippen LogP contribution in [0.1, 0.15) is 48.2 Å². The van der Waals surface area contributed by atoms with Crippen LogP contribution in [0.5, 0.6) is 0 Å². The van der Waals surface area contributed by atoms with Crippen LogP contribution in [-0.4, -0.2) is 48.9 Å². The van der Waals surface area contributed by atoms with Crippen molar-refractivity contribution in [3.63, 3.8) is 0 Å². The lowest BCUT2D eigenvalue weighted by atomic mass is 9.84. The van der Waals surface area contributed by atoms with Gasteiger partial charge in [0.1, 0.15) is 0 Å². The van der Waals surface area contributed by atoms with Crippen LogP contribution in [0.25, 0.3) is 0 Å². The second-order valence-electron chi connectivity index (χ2n) is 6.98. The molecule has 1 aliphatic rings. The SMILES string of the molecule is CCNC(=NCc1sc(C)nc1C)NCC1(C(=O)N(C)C)CCCC1. The molecule has 7 heteroatoms. The minimum Gasteiger partial charge on any atom is -0.357 e. The third-order valence-corrected chi connectivity index (χ3v) is 5.80. The summed E-state index contributed by atoms with van der Waals surface area (Å²) in [7, 11) is 3.69. The minimum atomic E-state index is -0.295. The Bertz CT molecular complexity index is 617. The molecule has 25 heavy (non-hydrogen) atoms. The van der Waals surface area contributed by atoms with Crippen molar-refractivity contribution in [2.24, 2.45) is 10.4 Å². The number of carbonyl (C=O) groups is 1. The highest BCUT2D eigenvalue weighted by atomic mass is 32.1. The lowest BCUT2D eigenvalue weighted by Crippen LogP contribution is -2.49. The van der Waals surface area contributed by atoms with E-state index in [2.05, 4.69) is 22.5 Å². The van der Waals surface area contributed by atoms with Crippen molar-refractivity contribution in [2.75, 3.05) is 27.2 Å². The van der Waals surface area contributed by atoms with E-state index in [0.29, 0.717) is 13.1 Å². The van der Waals surface area contributed by atoms with Gasteiger partial charge in [0.25, 0.3) is 0 Å². The Morgan fingerprint density at radius 1 is 1.28 bits per heavy atom. The van der Waals surface area contributed by atoms with E-state index in [1.807, 2.05) is 27.9 Å². The van der Waals surface area contributed by atoms with Gasteiger partial charge in [-0.2, -0.15) is 0 Å². The number of nitrogens with one attached hydrogen (secondary N) is 2. The number of aryl methyl sites for hydroxylation is 2. The van der Waals surface area contributed by atoms with Gasteiger partial charge < -0.3 is 15.5 Å². The Balaban J connectivity index is 2.06. The number of carbonyl (C=O) groups excluding carboxylic acids is 1. The normalized spacial score (nSPS) is 16.8. The third-order valence-electron chi connectivity index (χ3n) is 4.74. The number of aromatic nitrogens is 1. The number of thiazole rings is 1. The molecule has 1 aromatic heterocycles. The number of rotatable bonds is 6. The molecule has 1 heterocycles. The van der Waals surface area contributed by atoms with Crippen molar-refractivity contribution in [3.8, 4) is 0 Å². The summed E-state index contributed by atoms with van der Waals surface area (Å²) >= 11 is 1.69. The van der Waals surface area contributed by atoms with Gasteiger partial charge in [0, 0.05) is 32.1 Å². The number of aliphatic imine (C=N–C) groups is 1. The van der Waals surface area contributed by atoms with Gasteiger partial charge in [0.15, 0.2) is 5.96 Å². The molecule has 1 aliphatic carbocycles. The molecule has 1 fully saturated rings. The van der Waals surface area contributed by atoms with Crippen molar-refractivity contribution in [2.45, 2.75) is 53.0 Å². The maximum absolute atomic E-state index is 12.7. The fraction of sp³-hybridized carbons (Fsp3) is 0.722. The standard InChI is InChI=1S/C18H31N5OS/c1-6-19-17(20-11-15-13(2)22-14(3)25-15)21-12-18(9-7-8-10-18)16(24)23(4)5/h6-12H2,1-5H3,(H2,19,20,21). The molecule has 1 aromatic rings. The molecule has 2 N–H and O–H groups in total. The number of amides is 1. The van der Waals surface area contributed by atoms with Crippen molar-refractivity contribution >= 4 is 23.2 Å². The average molecular weight is 366 g/mol. The first kappa shape index (κ1) is 19.7. The highest BCUT2D eigenvalue weighted by molar-refractivity contribution is 7.11. The van der Waals surface area contributed by atoms with E-state index in [1.54, 1.807) is 16.2 Å². The molecule has 1 amide bonds. The van der Waals surface area contributed by atoms with E-state index in [4.69, 9.17) is 4.99 Å². The molecule has 0 atom stereocenters. The molecule has 0 aromatic carbocycles. The monoisotopic (exact) mass is 365 g/mol. The van der Waals surface area contributed by atoms with Crippen LogP contribution in [0.4, 0.5) is 0 Å². The van der Waals surface area contributed by atoms with Gasteiger partial charge in [0.05, 0.1) is 22.7 Å². The Kier molecular flexibility index (Phi) is 6.81. The fourth-order valence-corrected chi connectivity index (χ4v) is 4.32. The van der Waals surface area contributed by atoms with E-state index in [1.165, 1.54) is 4.88 Å². The van der Waals surface area contributed by atoms with Crippen LogP contribution >= 0.6 is 11.3 Å². The molecule has 0 unspecified atom stereocenters. The van der Waals surface area contributed by atoms with Gasteiger partial charge in [0.2, 0.25) is 5.91 Å². The van der Waals surface area contributed by atoms with Crippen LogP contribution in [0.2, 0.25) is 0 Å². The fourth-order valence-electron chi connectivity index (χ4n) is 3.46. The first-order valence-electron chi connectivity index (χ1n) is 9.05. The molecule has 0 bridgehead atoms. The molecule has 0 saturated heterocycles. The Labute approximate surface area is 155 Å². The number of guanidine groups is 1. The van der Waals surface area contributed by atoms with Gasteiger partial charge in [-0.05, 0) is 33.6 Å². The molecular weight excluding hydrogens is 334 g/mol. The lowest BCUT2D eigenvalue weighted by Gasteiger charge is -2.31. The summed E-state index contributed by atoms with van der Waals surface area (Å²) in [5.74, 6) is 0.994. The number of nitrogens with zero attached hydrogens (tertiary/aromatic N) is 3.